The Hall–Kier alpha value is -2.34. The van der Waals surface area contributed by atoms with Crippen molar-refractivity contribution in [3.8, 4) is 0 Å². The zero-order valence-electron chi connectivity index (χ0n) is 10.7. The van der Waals surface area contributed by atoms with Crippen LogP contribution in [0.5, 0.6) is 0 Å². The van der Waals surface area contributed by atoms with Crippen molar-refractivity contribution in [3.63, 3.8) is 0 Å². The van der Waals surface area contributed by atoms with Crippen LogP contribution < -0.4 is 5.73 Å². The molecule has 2 rings (SSSR count). The quantitative estimate of drug-likeness (QED) is 0.736. The van der Waals surface area contributed by atoms with Crippen molar-refractivity contribution in [2.45, 2.75) is 18.9 Å². The second kappa shape index (κ2) is 5.75. The van der Waals surface area contributed by atoms with Gasteiger partial charge in [-0.15, -0.1) is 0 Å². The molecule has 0 radical (unpaired) electrons. The summed E-state index contributed by atoms with van der Waals surface area (Å²) in [6.45, 7) is 0. The van der Waals surface area contributed by atoms with Gasteiger partial charge in [-0.25, -0.2) is 0 Å². The molecule has 6 heteroatoms. The minimum Gasteiger partial charge on any atom is -0.481 e. The molecule has 0 fully saturated rings. The number of carboxylic acids is 2. The Morgan fingerprint density at radius 1 is 1.20 bits per heavy atom. The highest BCUT2D eigenvalue weighted by Crippen LogP contribution is 2.22. The predicted molar refractivity (Wildman–Crippen MR) is 71.3 cm³/mol. The van der Waals surface area contributed by atoms with Gasteiger partial charge in [0.15, 0.2) is 0 Å². The van der Waals surface area contributed by atoms with Gasteiger partial charge in [-0.05, 0) is 18.6 Å². The second-order valence-electron chi connectivity index (χ2n) is 4.67. The van der Waals surface area contributed by atoms with Crippen LogP contribution in [0.4, 0.5) is 0 Å². The van der Waals surface area contributed by atoms with Crippen molar-refractivity contribution in [3.05, 3.63) is 36.1 Å². The number of furan rings is 1. The Morgan fingerprint density at radius 2 is 1.90 bits per heavy atom. The molecular weight excluding hydrogens is 262 g/mol. The summed E-state index contributed by atoms with van der Waals surface area (Å²) in [5, 5.41) is 18.8. The standard InChI is InChI=1S/C14H15NO5/c15-11(14(18)19)7-9(13(16)17)6-10-5-8-3-1-2-4-12(8)20-10/h1-5,9,11H,6-7,15H2,(H,16,17)(H,18,19)/t9-,11+/m0/s1. The van der Waals surface area contributed by atoms with E-state index in [2.05, 4.69) is 0 Å². The number of hydrogen-bond acceptors (Lipinski definition) is 4. The summed E-state index contributed by atoms with van der Waals surface area (Å²) in [4.78, 5) is 21.9. The summed E-state index contributed by atoms with van der Waals surface area (Å²) < 4.78 is 5.54. The first-order chi connectivity index (χ1) is 9.47. The van der Waals surface area contributed by atoms with Crippen LogP contribution in [-0.4, -0.2) is 28.2 Å². The van der Waals surface area contributed by atoms with Gasteiger partial charge in [0.05, 0.1) is 5.92 Å². The van der Waals surface area contributed by atoms with Crippen LogP contribution in [0.3, 0.4) is 0 Å². The van der Waals surface area contributed by atoms with Crippen LogP contribution in [0.2, 0.25) is 0 Å². The van der Waals surface area contributed by atoms with Crippen LogP contribution in [0.1, 0.15) is 12.2 Å². The summed E-state index contributed by atoms with van der Waals surface area (Å²) >= 11 is 0. The van der Waals surface area contributed by atoms with Gasteiger partial charge >= 0.3 is 11.9 Å². The molecule has 4 N–H and O–H groups in total. The van der Waals surface area contributed by atoms with E-state index in [9.17, 15) is 9.59 Å². The SMILES string of the molecule is N[C@H](C[C@H](Cc1cc2ccccc2o1)C(=O)O)C(=O)O. The summed E-state index contributed by atoms with van der Waals surface area (Å²) in [5.41, 5.74) is 6.07. The number of carbonyl (C=O) groups is 2. The number of fused-ring (bicyclic) bond motifs is 1. The summed E-state index contributed by atoms with van der Waals surface area (Å²) in [7, 11) is 0. The topological polar surface area (TPSA) is 114 Å². The summed E-state index contributed by atoms with van der Waals surface area (Å²) in [6.07, 6.45) is -0.0211. The lowest BCUT2D eigenvalue weighted by Crippen LogP contribution is -2.35. The molecule has 0 aliphatic carbocycles. The number of nitrogens with two attached hydrogens (primary N) is 1. The minimum absolute atomic E-state index is 0.116. The fourth-order valence-corrected chi connectivity index (χ4v) is 2.06. The molecular formula is C14H15NO5. The number of para-hydroxylation sites is 1. The van der Waals surface area contributed by atoms with Gasteiger partial charge in [0.1, 0.15) is 17.4 Å². The first-order valence-electron chi connectivity index (χ1n) is 6.16. The average Bonchev–Trinajstić information content (AvgIpc) is 2.79. The fraction of sp³-hybridized carbons (Fsp3) is 0.286. The van der Waals surface area contributed by atoms with E-state index >= 15 is 0 Å². The Morgan fingerprint density at radius 3 is 2.50 bits per heavy atom. The summed E-state index contributed by atoms with van der Waals surface area (Å²) in [6, 6.07) is 7.90. The fourth-order valence-electron chi connectivity index (χ4n) is 2.06. The van der Waals surface area contributed by atoms with Crippen molar-refractivity contribution >= 4 is 22.9 Å². The van der Waals surface area contributed by atoms with E-state index in [0.29, 0.717) is 11.3 Å². The summed E-state index contributed by atoms with van der Waals surface area (Å²) in [5.74, 6) is -2.67. The van der Waals surface area contributed by atoms with Crippen LogP contribution in [0.25, 0.3) is 11.0 Å². The van der Waals surface area contributed by atoms with E-state index in [-0.39, 0.29) is 12.8 Å². The second-order valence-corrected chi connectivity index (χ2v) is 4.67. The highest BCUT2D eigenvalue weighted by atomic mass is 16.4. The van der Waals surface area contributed by atoms with Crippen LogP contribution in [0.15, 0.2) is 34.7 Å². The largest absolute Gasteiger partial charge is 0.481 e. The monoisotopic (exact) mass is 277 g/mol. The average molecular weight is 277 g/mol. The highest BCUT2D eigenvalue weighted by Gasteiger charge is 2.25. The lowest BCUT2D eigenvalue weighted by atomic mass is 9.96. The zero-order valence-corrected chi connectivity index (χ0v) is 10.7. The molecule has 1 heterocycles. The van der Waals surface area contributed by atoms with Crippen LogP contribution in [-0.2, 0) is 16.0 Å². The van der Waals surface area contributed by atoms with Gasteiger partial charge in [-0.3, -0.25) is 9.59 Å². The molecule has 1 aromatic carbocycles. The molecule has 0 unspecified atom stereocenters. The van der Waals surface area contributed by atoms with Crippen LogP contribution >= 0.6 is 0 Å². The Kier molecular flexibility index (Phi) is 4.05. The van der Waals surface area contributed by atoms with Gasteiger partial charge in [-0.2, -0.15) is 0 Å². The van der Waals surface area contributed by atoms with E-state index in [1.807, 2.05) is 18.2 Å². The molecule has 0 aliphatic rings. The molecule has 20 heavy (non-hydrogen) atoms. The smallest absolute Gasteiger partial charge is 0.320 e. The Labute approximate surface area is 114 Å². The van der Waals surface area contributed by atoms with Crippen molar-refractivity contribution in [1.82, 2.24) is 0 Å². The van der Waals surface area contributed by atoms with E-state index < -0.39 is 23.9 Å². The zero-order chi connectivity index (χ0) is 14.7. The van der Waals surface area contributed by atoms with Crippen molar-refractivity contribution in [2.24, 2.45) is 11.7 Å². The third kappa shape index (κ3) is 3.16. The van der Waals surface area contributed by atoms with E-state index in [1.54, 1.807) is 12.1 Å². The molecule has 0 aliphatic heterocycles. The molecule has 2 aromatic rings. The highest BCUT2D eigenvalue weighted by molar-refractivity contribution is 5.78. The van der Waals surface area contributed by atoms with Gasteiger partial charge in [0.2, 0.25) is 0 Å². The van der Waals surface area contributed by atoms with Crippen molar-refractivity contribution < 1.29 is 24.2 Å². The maximum Gasteiger partial charge on any atom is 0.320 e. The van der Waals surface area contributed by atoms with Gasteiger partial charge in [-0.1, -0.05) is 18.2 Å². The van der Waals surface area contributed by atoms with Crippen LogP contribution in [0, 0.1) is 5.92 Å². The van der Waals surface area contributed by atoms with E-state index in [4.69, 9.17) is 20.4 Å². The first kappa shape index (κ1) is 14.1. The van der Waals surface area contributed by atoms with E-state index in [1.165, 1.54) is 0 Å². The third-order valence-electron chi connectivity index (χ3n) is 3.13. The molecule has 2 atom stereocenters. The van der Waals surface area contributed by atoms with Crippen molar-refractivity contribution in [2.75, 3.05) is 0 Å². The molecule has 0 bridgehead atoms. The Bertz CT molecular complexity index is 600. The van der Waals surface area contributed by atoms with Gasteiger partial charge in [0, 0.05) is 11.8 Å². The lowest BCUT2D eigenvalue weighted by Gasteiger charge is -2.13. The maximum absolute atomic E-state index is 11.2. The number of carboxylic acid groups (broad SMARTS) is 2. The minimum atomic E-state index is -1.21. The predicted octanol–water partition coefficient (Wildman–Crippen LogP) is 1.48. The Balaban J connectivity index is 2.15. The lowest BCUT2D eigenvalue weighted by molar-refractivity contribution is -0.143. The molecule has 0 amide bonds. The number of benzene rings is 1. The molecule has 106 valence electrons. The maximum atomic E-state index is 11.2. The molecule has 0 saturated carbocycles. The van der Waals surface area contributed by atoms with Gasteiger partial charge in [0.25, 0.3) is 0 Å². The van der Waals surface area contributed by atoms with Gasteiger partial charge < -0.3 is 20.4 Å². The number of aliphatic carboxylic acids is 2. The molecule has 6 nitrogen and oxygen atoms in total. The first-order valence-corrected chi connectivity index (χ1v) is 6.16. The normalized spacial score (nSPS) is 14.1. The molecule has 0 saturated heterocycles. The number of hydrogen-bond donors (Lipinski definition) is 3. The molecule has 1 aromatic heterocycles. The third-order valence-corrected chi connectivity index (χ3v) is 3.13. The van der Waals surface area contributed by atoms with Crippen molar-refractivity contribution in [1.29, 1.82) is 0 Å². The van der Waals surface area contributed by atoms with E-state index in [0.717, 1.165) is 5.39 Å². The molecule has 0 spiro atoms. The number of rotatable bonds is 6.